The molecule has 3 aliphatic heterocycles. The highest BCUT2D eigenvalue weighted by Crippen LogP contribution is 2.07. The zero-order valence-electron chi connectivity index (χ0n) is 15.0. The van der Waals surface area contributed by atoms with Gasteiger partial charge in [-0.1, -0.05) is 6.07 Å². The lowest BCUT2D eigenvalue weighted by molar-refractivity contribution is 0.131. The van der Waals surface area contributed by atoms with Crippen molar-refractivity contribution in [1.29, 1.82) is 0 Å². The molecule has 1 fully saturated rings. The predicted octanol–water partition coefficient (Wildman–Crippen LogP) is 2.11. The van der Waals surface area contributed by atoms with Crippen LogP contribution in [-0.2, 0) is 0 Å². The van der Waals surface area contributed by atoms with Crippen LogP contribution in [0.4, 0.5) is 0 Å². The Hall–Kier alpha value is -1.59. The molecule has 1 saturated heterocycles. The average Bonchev–Trinajstić information content (AvgIpc) is 2.62. The third kappa shape index (κ3) is 4.71. The van der Waals surface area contributed by atoms with Crippen LogP contribution in [0.1, 0.15) is 38.1 Å². The van der Waals surface area contributed by atoms with Crippen molar-refractivity contribution in [3.8, 4) is 0 Å². The SMILES string of the molecule is CC1=NCCCN2CCN(CCCN=C(C)c3cccc1n3)CC2. The van der Waals surface area contributed by atoms with Gasteiger partial charge in [-0.3, -0.25) is 9.98 Å². The Balaban J connectivity index is 1.76. The average molecular weight is 327 g/mol. The molecule has 4 rings (SSSR count). The van der Waals surface area contributed by atoms with Crippen LogP contribution < -0.4 is 0 Å². The third-order valence-corrected chi connectivity index (χ3v) is 4.92. The van der Waals surface area contributed by atoms with E-state index in [1.807, 2.05) is 12.1 Å². The fraction of sp³-hybridized carbons (Fsp3) is 0.632. The van der Waals surface area contributed by atoms with E-state index >= 15 is 0 Å². The van der Waals surface area contributed by atoms with Gasteiger partial charge < -0.3 is 9.80 Å². The molecule has 0 amide bonds. The standard InChI is InChI=1S/C19H29N5/c1-16-18-6-3-7-19(22-18)17(2)21-9-5-11-24-14-12-23(13-15-24)10-4-8-20-16/h3,6-7H,4-5,8-15H2,1-2H3. The smallest absolute Gasteiger partial charge is 0.0845 e. The Morgan fingerprint density at radius 3 is 1.62 bits per heavy atom. The molecule has 0 atom stereocenters. The fourth-order valence-electron chi connectivity index (χ4n) is 3.32. The Kier molecular flexibility index (Phi) is 6.10. The first-order chi connectivity index (χ1) is 11.7. The van der Waals surface area contributed by atoms with Crippen molar-refractivity contribution < 1.29 is 0 Å². The van der Waals surface area contributed by atoms with Gasteiger partial charge in [0.1, 0.15) is 0 Å². The second kappa shape index (κ2) is 8.49. The number of piperazine rings is 1. The van der Waals surface area contributed by atoms with Gasteiger partial charge in [0.2, 0.25) is 0 Å². The zero-order chi connectivity index (χ0) is 16.8. The maximum absolute atomic E-state index is 4.74. The predicted molar refractivity (Wildman–Crippen MR) is 101 cm³/mol. The van der Waals surface area contributed by atoms with Crippen molar-refractivity contribution in [3.63, 3.8) is 0 Å². The molecule has 4 heterocycles. The summed E-state index contributed by atoms with van der Waals surface area (Å²) in [4.78, 5) is 19.3. The summed E-state index contributed by atoms with van der Waals surface area (Å²) in [6.45, 7) is 12.9. The fourth-order valence-corrected chi connectivity index (χ4v) is 3.32. The van der Waals surface area contributed by atoms with E-state index in [4.69, 9.17) is 15.0 Å². The van der Waals surface area contributed by atoms with Crippen molar-refractivity contribution in [3.05, 3.63) is 29.6 Å². The summed E-state index contributed by atoms with van der Waals surface area (Å²) in [6.07, 6.45) is 2.25. The molecule has 0 saturated carbocycles. The molecule has 1 aromatic rings. The second-order valence-corrected chi connectivity index (χ2v) is 6.73. The first kappa shape index (κ1) is 17.2. The van der Waals surface area contributed by atoms with Gasteiger partial charge in [-0.25, -0.2) is 4.98 Å². The van der Waals surface area contributed by atoms with E-state index in [9.17, 15) is 0 Å². The molecule has 130 valence electrons. The molecule has 1 aromatic heterocycles. The minimum absolute atomic E-state index is 0.880. The van der Waals surface area contributed by atoms with E-state index < -0.39 is 0 Å². The van der Waals surface area contributed by atoms with Crippen molar-refractivity contribution in [1.82, 2.24) is 14.8 Å². The Morgan fingerprint density at radius 2 is 1.17 bits per heavy atom. The van der Waals surface area contributed by atoms with E-state index in [-0.39, 0.29) is 0 Å². The molecule has 5 heteroatoms. The summed E-state index contributed by atoms with van der Waals surface area (Å²) in [6, 6.07) is 6.14. The minimum atomic E-state index is 0.880. The van der Waals surface area contributed by atoms with Gasteiger partial charge >= 0.3 is 0 Å². The molecule has 3 aliphatic rings. The Bertz CT molecular complexity index is 550. The molecule has 4 bridgehead atoms. The summed E-state index contributed by atoms with van der Waals surface area (Å²) in [5.74, 6) is 0. The molecule has 0 aromatic carbocycles. The highest BCUT2D eigenvalue weighted by molar-refractivity contribution is 6.00. The lowest BCUT2D eigenvalue weighted by Crippen LogP contribution is -2.46. The van der Waals surface area contributed by atoms with E-state index in [1.165, 1.54) is 26.2 Å². The van der Waals surface area contributed by atoms with Crippen LogP contribution in [0.15, 0.2) is 28.2 Å². The molecule has 0 radical (unpaired) electrons. The molecule has 24 heavy (non-hydrogen) atoms. The monoisotopic (exact) mass is 327 g/mol. The quantitative estimate of drug-likeness (QED) is 0.733. The van der Waals surface area contributed by atoms with E-state index in [0.29, 0.717) is 0 Å². The normalized spacial score (nSPS) is 26.4. The van der Waals surface area contributed by atoms with E-state index in [2.05, 4.69) is 29.7 Å². The Morgan fingerprint density at radius 1 is 0.708 bits per heavy atom. The Labute approximate surface area is 145 Å². The molecule has 0 spiro atoms. The minimum Gasteiger partial charge on any atom is -0.301 e. The maximum Gasteiger partial charge on any atom is 0.0845 e. The van der Waals surface area contributed by atoms with Crippen molar-refractivity contribution >= 4 is 11.4 Å². The van der Waals surface area contributed by atoms with Crippen LogP contribution in [0.2, 0.25) is 0 Å². The number of aliphatic imine (C=N–C) groups is 2. The third-order valence-electron chi connectivity index (χ3n) is 4.92. The highest BCUT2D eigenvalue weighted by Gasteiger charge is 2.15. The van der Waals surface area contributed by atoms with Crippen molar-refractivity contribution in [2.24, 2.45) is 9.98 Å². The number of fused-ring (bicyclic) bond motifs is 8. The van der Waals surface area contributed by atoms with Gasteiger partial charge in [0.15, 0.2) is 0 Å². The molecular weight excluding hydrogens is 298 g/mol. The molecule has 0 unspecified atom stereocenters. The number of rotatable bonds is 0. The van der Waals surface area contributed by atoms with Crippen LogP contribution in [0.25, 0.3) is 0 Å². The lowest BCUT2D eigenvalue weighted by atomic mass is 10.2. The number of hydrogen-bond acceptors (Lipinski definition) is 5. The van der Waals surface area contributed by atoms with Gasteiger partial charge in [0.25, 0.3) is 0 Å². The number of nitrogens with zero attached hydrogens (tertiary/aromatic N) is 5. The van der Waals surface area contributed by atoms with E-state index in [1.54, 1.807) is 0 Å². The van der Waals surface area contributed by atoms with Crippen molar-refractivity contribution in [2.45, 2.75) is 26.7 Å². The summed E-state index contributed by atoms with van der Waals surface area (Å²) in [7, 11) is 0. The number of aromatic nitrogens is 1. The van der Waals surface area contributed by atoms with Crippen LogP contribution in [0, 0.1) is 0 Å². The summed E-state index contributed by atoms with van der Waals surface area (Å²) in [5.41, 5.74) is 4.00. The van der Waals surface area contributed by atoms with Crippen LogP contribution in [-0.4, -0.2) is 78.6 Å². The topological polar surface area (TPSA) is 44.1 Å². The number of hydrogen-bond donors (Lipinski definition) is 0. The maximum atomic E-state index is 4.74. The summed E-state index contributed by atoms with van der Waals surface area (Å²) < 4.78 is 0. The van der Waals surface area contributed by atoms with Crippen LogP contribution in [0.5, 0.6) is 0 Å². The molecule has 5 nitrogen and oxygen atoms in total. The second-order valence-electron chi connectivity index (χ2n) is 6.73. The zero-order valence-corrected chi connectivity index (χ0v) is 15.0. The molecule has 0 aliphatic carbocycles. The molecular formula is C19H29N5. The lowest BCUT2D eigenvalue weighted by Gasteiger charge is -2.34. The van der Waals surface area contributed by atoms with Gasteiger partial charge in [-0.15, -0.1) is 0 Å². The van der Waals surface area contributed by atoms with E-state index in [0.717, 1.165) is 61.8 Å². The first-order valence-corrected chi connectivity index (χ1v) is 9.17. The largest absolute Gasteiger partial charge is 0.301 e. The van der Waals surface area contributed by atoms with Crippen molar-refractivity contribution in [2.75, 3.05) is 52.4 Å². The molecule has 0 N–H and O–H groups in total. The van der Waals surface area contributed by atoms with Crippen LogP contribution in [0.3, 0.4) is 0 Å². The van der Waals surface area contributed by atoms with Crippen LogP contribution >= 0.6 is 0 Å². The first-order valence-electron chi connectivity index (χ1n) is 9.17. The highest BCUT2D eigenvalue weighted by atomic mass is 15.3. The van der Waals surface area contributed by atoms with Gasteiger partial charge in [0.05, 0.1) is 22.8 Å². The van der Waals surface area contributed by atoms with Gasteiger partial charge in [-0.05, 0) is 51.9 Å². The summed E-state index contributed by atoms with van der Waals surface area (Å²) >= 11 is 0. The van der Waals surface area contributed by atoms with Gasteiger partial charge in [-0.2, -0.15) is 0 Å². The summed E-state index contributed by atoms with van der Waals surface area (Å²) in [5, 5.41) is 0. The number of pyridine rings is 1. The van der Waals surface area contributed by atoms with Gasteiger partial charge in [0, 0.05) is 39.3 Å².